The Morgan fingerprint density at radius 1 is 0.944 bits per heavy atom. The molecule has 0 aliphatic carbocycles. The molecule has 4 rings (SSSR count). The van der Waals surface area contributed by atoms with Crippen LogP contribution < -0.4 is 0 Å². The van der Waals surface area contributed by atoms with Crippen LogP contribution in [0.3, 0.4) is 0 Å². The molecule has 2 saturated heterocycles. The Morgan fingerprint density at radius 3 is 1.92 bits per heavy atom. The quantitative estimate of drug-likeness (QED) is 0.489. The van der Waals surface area contributed by atoms with Crippen molar-refractivity contribution in [1.82, 2.24) is 9.21 Å². The van der Waals surface area contributed by atoms with E-state index in [2.05, 4.69) is 20.8 Å². The maximum atomic E-state index is 13.1. The number of hydrogen-bond donors (Lipinski definition) is 1. The first-order valence-electron chi connectivity index (χ1n) is 11.0. The number of likely N-dealkylation sites (tertiary alicyclic amines) is 1. The minimum atomic E-state index is -5.94. The van der Waals surface area contributed by atoms with Crippen LogP contribution in [0.2, 0.25) is 0 Å². The summed E-state index contributed by atoms with van der Waals surface area (Å²) in [6, 6.07) is 8.63. The lowest BCUT2D eigenvalue weighted by Gasteiger charge is -2.39. The highest BCUT2D eigenvalue weighted by molar-refractivity contribution is 9.10. The SMILES string of the molecule is CS(=O)(=O)N1C2CCC1CN(Cc1ccc(-c3ccc(C(O)(C(F)(F)F)C(F)(F)F)cc3)c(Br)c1)C2. The van der Waals surface area contributed by atoms with E-state index in [1.54, 1.807) is 16.4 Å². The van der Waals surface area contributed by atoms with Gasteiger partial charge in [-0.3, -0.25) is 4.90 Å². The molecule has 2 aliphatic rings. The molecule has 2 unspecified atom stereocenters. The summed E-state index contributed by atoms with van der Waals surface area (Å²) < 4.78 is 105. The lowest BCUT2D eigenvalue weighted by atomic mass is 9.90. The average molecular weight is 601 g/mol. The Labute approximate surface area is 212 Å². The van der Waals surface area contributed by atoms with Crippen LogP contribution in [0.5, 0.6) is 0 Å². The van der Waals surface area contributed by atoms with Crippen LogP contribution in [-0.2, 0) is 22.2 Å². The van der Waals surface area contributed by atoms with Gasteiger partial charge in [-0.1, -0.05) is 52.3 Å². The van der Waals surface area contributed by atoms with Crippen molar-refractivity contribution >= 4 is 26.0 Å². The second kappa shape index (κ2) is 9.26. The number of benzene rings is 2. The highest BCUT2D eigenvalue weighted by Crippen LogP contribution is 2.50. The molecule has 36 heavy (non-hydrogen) atoms. The Bertz CT molecular complexity index is 1210. The van der Waals surface area contributed by atoms with Crippen molar-refractivity contribution in [2.75, 3.05) is 19.3 Å². The van der Waals surface area contributed by atoms with E-state index >= 15 is 0 Å². The molecule has 2 bridgehead atoms. The molecule has 0 amide bonds. The van der Waals surface area contributed by atoms with E-state index in [4.69, 9.17) is 0 Å². The summed E-state index contributed by atoms with van der Waals surface area (Å²) in [6.07, 6.45) is -9.04. The summed E-state index contributed by atoms with van der Waals surface area (Å²) in [5.41, 5.74) is -4.46. The van der Waals surface area contributed by atoms with Gasteiger partial charge in [0, 0.05) is 41.8 Å². The van der Waals surface area contributed by atoms with E-state index in [0.29, 0.717) is 47.4 Å². The molecule has 0 radical (unpaired) electrons. The van der Waals surface area contributed by atoms with E-state index < -0.39 is 33.5 Å². The second-order valence-electron chi connectivity index (χ2n) is 9.27. The van der Waals surface area contributed by atoms with Gasteiger partial charge in [-0.15, -0.1) is 0 Å². The molecule has 0 saturated carbocycles. The summed E-state index contributed by atoms with van der Waals surface area (Å²) in [5, 5.41) is 9.57. The maximum absolute atomic E-state index is 13.1. The van der Waals surface area contributed by atoms with Crippen molar-refractivity contribution in [3.63, 3.8) is 0 Å². The van der Waals surface area contributed by atoms with Gasteiger partial charge in [0.15, 0.2) is 0 Å². The van der Waals surface area contributed by atoms with Crippen LogP contribution in [0.25, 0.3) is 11.1 Å². The minimum absolute atomic E-state index is 0.0629. The van der Waals surface area contributed by atoms with Crippen molar-refractivity contribution in [3.8, 4) is 11.1 Å². The third kappa shape index (κ3) is 4.92. The van der Waals surface area contributed by atoms with Crippen LogP contribution in [0, 0.1) is 0 Å². The Balaban J connectivity index is 1.51. The maximum Gasteiger partial charge on any atom is 0.430 e. The van der Waals surface area contributed by atoms with Crippen LogP contribution >= 0.6 is 15.9 Å². The average Bonchev–Trinajstić information content (AvgIpc) is 3.04. The van der Waals surface area contributed by atoms with Gasteiger partial charge in [0.25, 0.3) is 5.60 Å². The summed E-state index contributed by atoms with van der Waals surface area (Å²) >= 11 is 3.43. The number of alkyl halides is 6. The molecule has 13 heteroatoms. The summed E-state index contributed by atoms with van der Waals surface area (Å²) in [7, 11) is -3.27. The fourth-order valence-corrected chi connectivity index (χ4v) is 7.23. The molecule has 198 valence electrons. The first kappa shape index (κ1) is 27.4. The Hall–Kier alpha value is -1.67. The zero-order valence-corrected chi connectivity index (χ0v) is 21.3. The molecular weight excluding hydrogens is 578 g/mol. The smallest absolute Gasteiger partial charge is 0.369 e. The highest BCUT2D eigenvalue weighted by Gasteiger charge is 2.71. The Morgan fingerprint density at radius 2 is 1.47 bits per heavy atom. The van der Waals surface area contributed by atoms with Gasteiger partial charge in [-0.2, -0.15) is 30.6 Å². The van der Waals surface area contributed by atoms with Crippen LogP contribution in [-0.4, -0.2) is 66.5 Å². The largest absolute Gasteiger partial charge is 0.430 e. The molecule has 2 aliphatic heterocycles. The van der Waals surface area contributed by atoms with Crippen molar-refractivity contribution in [1.29, 1.82) is 0 Å². The molecule has 2 aromatic carbocycles. The molecular formula is C23H23BrF6N2O3S. The van der Waals surface area contributed by atoms with Crippen molar-refractivity contribution in [2.45, 2.75) is 49.4 Å². The molecule has 0 aromatic heterocycles. The fourth-order valence-electron chi connectivity index (χ4n) is 5.15. The van der Waals surface area contributed by atoms with Crippen LogP contribution in [0.4, 0.5) is 26.3 Å². The van der Waals surface area contributed by atoms with Gasteiger partial charge in [0.2, 0.25) is 10.0 Å². The van der Waals surface area contributed by atoms with Crippen molar-refractivity contribution in [3.05, 3.63) is 58.1 Å². The first-order valence-corrected chi connectivity index (χ1v) is 13.6. The van der Waals surface area contributed by atoms with Crippen LogP contribution in [0.1, 0.15) is 24.0 Å². The molecule has 2 aromatic rings. The fraction of sp³-hybridized carbons (Fsp3) is 0.478. The van der Waals surface area contributed by atoms with E-state index in [1.165, 1.54) is 6.26 Å². The number of halogens is 7. The molecule has 2 atom stereocenters. The third-order valence-corrected chi connectivity index (χ3v) is 8.77. The van der Waals surface area contributed by atoms with E-state index in [0.717, 1.165) is 30.5 Å². The zero-order chi connectivity index (χ0) is 26.7. The van der Waals surface area contributed by atoms with Gasteiger partial charge in [-0.25, -0.2) is 8.42 Å². The third-order valence-electron chi connectivity index (χ3n) is 6.75. The zero-order valence-electron chi connectivity index (χ0n) is 18.9. The number of nitrogens with zero attached hydrogens (tertiary/aromatic N) is 2. The van der Waals surface area contributed by atoms with E-state index in [1.807, 2.05) is 6.07 Å². The van der Waals surface area contributed by atoms with Gasteiger partial charge in [0.05, 0.1) is 6.26 Å². The van der Waals surface area contributed by atoms with Gasteiger partial charge >= 0.3 is 12.4 Å². The van der Waals surface area contributed by atoms with Gasteiger partial charge < -0.3 is 5.11 Å². The predicted octanol–water partition coefficient (Wildman–Crippen LogP) is 5.04. The molecule has 1 N–H and O–H groups in total. The highest BCUT2D eigenvalue weighted by atomic mass is 79.9. The number of aliphatic hydroxyl groups is 1. The van der Waals surface area contributed by atoms with E-state index in [-0.39, 0.29) is 12.1 Å². The molecule has 2 fully saturated rings. The summed E-state index contributed by atoms with van der Waals surface area (Å²) in [6.45, 7) is 1.77. The number of fused-ring (bicyclic) bond motifs is 2. The lowest BCUT2D eigenvalue weighted by molar-refractivity contribution is -0.376. The summed E-state index contributed by atoms with van der Waals surface area (Å²) in [4.78, 5) is 2.18. The second-order valence-corrected chi connectivity index (χ2v) is 12.0. The first-order chi connectivity index (χ1) is 16.5. The molecule has 0 spiro atoms. The topological polar surface area (TPSA) is 60.9 Å². The van der Waals surface area contributed by atoms with E-state index in [9.17, 15) is 39.9 Å². The lowest BCUT2D eigenvalue weighted by Crippen LogP contribution is -2.54. The molecule has 2 heterocycles. The number of sulfonamides is 1. The minimum Gasteiger partial charge on any atom is -0.369 e. The van der Waals surface area contributed by atoms with Gasteiger partial charge in [-0.05, 0) is 35.6 Å². The normalized spacial score (nSPS) is 22.2. The van der Waals surface area contributed by atoms with Crippen molar-refractivity contribution in [2.24, 2.45) is 0 Å². The number of hydrogen-bond acceptors (Lipinski definition) is 4. The van der Waals surface area contributed by atoms with Crippen molar-refractivity contribution < 1.29 is 39.9 Å². The Kier molecular flexibility index (Phi) is 7.04. The number of rotatable bonds is 5. The van der Waals surface area contributed by atoms with Gasteiger partial charge in [0.1, 0.15) is 0 Å². The van der Waals surface area contributed by atoms with Crippen LogP contribution in [0.15, 0.2) is 46.9 Å². The standard InChI is InChI=1S/C23H23BrF6N2O3S/c1-36(34,35)32-17-7-8-18(32)13-31(12-17)11-14-2-9-19(20(24)10-14)15-3-5-16(6-4-15)21(33,22(25,26)27)23(28,29)30/h2-6,9-10,17-18,33H,7-8,11-13H2,1H3. The summed E-state index contributed by atoms with van der Waals surface area (Å²) in [5.74, 6) is 0. The number of piperazine rings is 1. The molecule has 5 nitrogen and oxygen atoms in total. The predicted molar refractivity (Wildman–Crippen MR) is 124 cm³/mol. The monoisotopic (exact) mass is 600 g/mol.